The Morgan fingerprint density at radius 3 is 2.75 bits per heavy atom. The van der Waals surface area contributed by atoms with Crippen molar-refractivity contribution in [2.75, 3.05) is 0 Å². The van der Waals surface area contributed by atoms with E-state index in [9.17, 15) is 0 Å². The van der Waals surface area contributed by atoms with Crippen LogP contribution in [0.3, 0.4) is 0 Å². The summed E-state index contributed by atoms with van der Waals surface area (Å²) in [7, 11) is 2.04. The summed E-state index contributed by atoms with van der Waals surface area (Å²) in [6.45, 7) is 2.60. The highest BCUT2D eigenvalue weighted by atomic mass is 35.5. The van der Waals surface area contributed by atoms with Crippen molar-refractivity contribution in [3.8, 4) is 5.75 Å². The molecule has 0 aliphatic heterocycles. The van der Waals surface area contributed by atoms with E-state index in [0.29, 0.717) is 6.61 Å². The smallest absolute Gasteiger partial charge is 0.122 e. The number of hydrogen-bond donors (Lipinski definition) is 0. The van der Waals surface area contributed by atoms with Crippen LogP contribution in [0.4, 0.5) is 0 Å². The number of benzene rings is 2. The van der Waals surface area contributed by atoms with Gasteiger partial charge in [0.15, 0.2) is 0 Å². The Hall–Kier alpha value is -1.93. The third-order valence-corrected chi connectivity index (χ3v) is 3.75. The van der Waals surface area contributed by atoms with Crippen molar-refractivity contribution in [2.24, 2.45) is 7.05 Å². The lowest BCUT2D eigenvalue weighted by Gasteiger charge is -2.08. The minimum atomic E-state index is 0.544. The Bertz CT molecular complexity index is 761. The van der Waals surface area contributed by atoms with Crippen LogP contribution >= 0.6 is 11.6 Å². The Labute approximate surface area is 123 Å². The second-order valence-electron chi connectivity index (χ2n) is 4.98. The molecular formula is C17H16ClNO. The molecule has 3 rings (SSSR count). The number of halogens is 1. The Balaban J connectivity index is 1.92. The highest BCUT2D eigenvalue weighted by Crippen LogP contribution is 2.26. The fourth-order valence-corrected chi connectivity index (χ4v) is 2.61. The molecule has 1 heterocycles. The Morgan fingerprint density at radius 2 is 1.95 bits per heavy atom. The van der Waals surface area contributed by atoms with Crippen LogP contribution in [0.1, 0.15) is 11.1 Å². The summed E-state index contributed by atoms with van der Waals surface area (Å²) in [6, 6.07) is 14.0. The lowest BCUT2D eigenvalue weighted by atomic mass is 10.2. The minimum absolute atomic E-state index is 0.544. The first kappa shape index (κ1) is 13.1. The van der Waals surface area contributed by atoms with Crippen LogP contribution in [0.2, 0.25) is 5.02 Å². The summed E-state index contributed by atoms with van der Waals surface area (Å²) in [4.78, 5) is 0. The highest BCUT2D eigenvalue weighted by Gasteiger charge is 2.08. The van der Waals surface area contributed by atoms with E-state index in [2.05, 4.69) is 23.8 Å². The number of para-hydroxylation sites is 1. The van der Waals surface area contributed by atoms with E-state index in [1.807, 2.05) is 43.4 Å². The van der Waals surface area contributed by atoms with Gasteiger partial charge in [-0.2, -0.15) is 0 Å². The normalized spacial score (nSPS) is 10.9. The Kier molecular flexibility index (Phi) is 3.41. The van der Waals surface area contributed by atoms with Crippen LogP contribution in [0, 0.1) is 6.92 Å². The van der Waals surface area contributed by atoms with Crippen molar-refractivity contribution >= 4 is 22.5 Å². The van der Waals surface area contributed by atoms with Crippen LogP contribution < -0.4 is 4.74 Å². The van der Waals surface area contributed by atoms with Crippen molar-refractivity contribution in [2.45, 2.75) is 13.5 Å². The zero-order valence-corrected chi connectivity index (χ0v) is 12.3. The average molecular weight is 286 g/mol. The molecule has 102 valence electrons. The van der Waals surface area contributed by atoms with Gasteiger partial charge in [-0.3, -0.25) is 0 Å². The molecular weight excluding hydrogens is 270 g/mol. The lowest BCUT2D eigenvalue weighted by Crippen LogP contribution is -1.96. The molecule has 20 heavy (non-hydrogen) atoms. The Morgan fingerprint density at radius 1 is 1.15 bits per heavy atom. The van der Waals surface area contributed by atoms with Crippen LogP contribution in [-0.4, -0.2) is 4.57 Å². The van der Waals surface area contributed by atoms with E-state index in [1.165, 1.54) is 0 Å². The first-order valence-electron chi connectivity index (χ1n) is 6.57. The molecule has 0 atom stereocenters. The van der Waals surface area contributed by atoms with Gasteiger partial charge in [-0.25, -0.2) is 0 Å². The van der Waals surface area contributed by atoms with Gasteiger partial charge < -0.3 is 9.30 Å². The van der Waals surface area contributed by atoms with Crippen LogP contribution in [-0.2, 0) is 13.7 Å². The lowest BCUT2D eigenvalue weighted by molar-refractivity contribution is 0.305. The zero-order valence-electron chi connectivity index (χ0n) is 11.6. The molecule has 0 saturated carbocycles. The fraction of sp³-hybridized carbons (Fsp3) is 0.176. The molecule has 0 unspecified atom stereocenters. The maximum atomic E-state index is 6.09. The highest BCUT2D eigenvalue weighted by molar-refractivity contribution is 6.31. The van der Waals surface area contributed by atoms with Crippen LogP contribution in [0.15, 0.2) is 48.7 Å². The minimum Gasteiger partial charge on any atom is -0.489 e. The van der Waals surface area contributed by atoms with Gasteiger partial charge in [0, 0.05) is 34.7 Å². The predicted molar refractivity (Wildman–Crippen MR) is 83.4 cm³/mol. The summed E-state index contributed by atoms with van der Waals surface area (Å²) in [6.07, 6.45) is 2.10. The van der Waals surface area contributed by atoms with Crippen molar-refractivity contribution in [1.29, 1.82) is 0 Å². The number of rotatable bonds is 3. The molecule has 0 aliphatic rings. The molecule has 3 heteroatoms. The maximum Gasteiger partial charge on any atom is 0.122 e. The SMILES string of the molecule is Cc1ccccc1OCc1cn(C)c2ccc(Cl)cc12. The van der Waals surface area contributed by atoms with E-state index in [0.717, 1.165) is 32.8 Å². The van der Waals surface area contributed by atoms with Crippen molar-refractivity contribution in [3.05, 3.63) is 64.8 Å². The van der Waals surface area contributed by atoms with Crippen molar-refractivity contribution in [3.63, 3.8) is 0 Å². The van der Waals surface area contributed by atoms with Gasteiger partial charge >= 0.3 is 0 Å². The first-order valence-corrected chi connectivity index (χ1v) is 6.95. The van der Waals surface area contributed by atoms with Gasteiger partial charge in [-0.05, 0) is 36.8 Å². The van der Waals surface area contributed by atoms with Crippen LogP contribution in [0.5, 0.6) is 5.75 Å². The number of fused-ring (bicyclic) bond motifs is 1. The topological polar surface area (TPSA) is 14.2 Å². The molecule has 0 spiro atoms. The van der Waals surface area contributed by atoms with Gasteiger partial charge in [0.1, 0.15) is 12.4 Å². The first-order chi connectivity index (χ1) is 9.65. The number of nitrogens with zero attached hydrogens (tertiary/aromatic N) is 1. The summed E-state index contributed by atoms with van der Waals surface area (Å²) in [5.41, 5.74) is 3.46. The third kappa shape index (κ3) is 2.39. The molecule has 3 aromatic rings. The summed E-state index contributed by atoms with van der Waals surface area (Å²) >= 11 is 6.09. The molecule has 0 N–H and O–H groups in total. The maximum absolute atomic E-state index is 6.09. The van der Waals surface area contributed by atoms with E-state index < -0.39 is 0 Å². The van der Waals surface area contributed by atoms with Crippen LogP contribution in [0.25, 0.3) is 10.9 Å². The standard InChI is InChI=1S/C17H16ClNO/c1-12-5-3-4-6-17(12)20-11-13-10-19(2)16-8-7-14(18)9-15(13)16/h3-10H,11H2,1-2H3. The van der Waals surface area contributed by atoms with Gasteiger partial charge in [0.05, 0.1) is 0 Å². The van der Waals surface area contributed by atoms with E-state index >= 15 is 0 Å². The van der Waals surface area contributed by atoms with E-state index in [-0.39, 0.29) is 0 Å². The summed E-state index contributed by atoms with van der Waals surface area (Å²) in [5.74, 6) is 0.923. The molecule has 2 aromatic carbocycles. The second-order valence-corrected chi connectivity index (χ2v) is 5.42. The van der Waals surface area contributed by atoms with Gasteiger partial charge in [-0.1, -0.05) is 29.8 Å². The van der Waals surface area contributed by atoms with Crippen molar-refractivity contribution < 1.29 is 4.74 Å². The molecule has 0 aliphatic carbocycles. The average Bonchev–Trinajstić information content (AvgIpc) is 2.74. The number of aromatic nitrogens is 1. The van der Waals surface area contributed by atoms with E-state index in [1.54, 1.807) is 0 Å². The number of ether oxygens (including phenoxy) is 1. The second kappa shape index (κ2) is 5.22. The van der Waals surface area contributed by atoms with Gasteiger partial charge in [-0.15, -0.1) is 0 Å². The molecule has 0 saturated heterocycles. The molecule has 1 aromatic heterocycles. The number of hydrogen-bond acceptors (Lipinski definition) is 1. The monoisotopic (exact) mass is 285 g/mol. The van der Waals surface area contributed by atoms with Gasteiger partial charge in [0.2, 0.25) is 0 Å². The fourth-order valence-electron chi connectivity index (χ4n) is 2.43. The third-order valence-electron chi connectivity index (χ3n) is 3.51. The quantitative estimate of drug-likeness (QED) is 0.679. The molecule has 0 bridgehead atoms. The van der Waals surface area contributed by atoms with Crippen molar-refractivity contribution in [1.82, 2.24) is 4.57 Å². The molecule has 0 radical (unpaired) electrons. The largest absolute Gasteiger partial charge is 0.489 e. The van der Waals surface area contributed by atoms with Gasteiger partial charge in [0.25, 0.3) is 0 Å². The molecule has 2 nitrogen and oxygen atoms in total. The number of aryl methyl sites for hydroxylation is 2. The summed E-state index contributed by atoms with van der Waals surface area (Å²) in [5, 5.41) is 1.90. The zero-order chi connectivity index (χ0) is 14.1. The van der Waals surface area contributed by atoms with E-state index in [4.69, 9.17) is 16.3 Å². The summed E-state index contributed by atoms with van der Waals surface area (Å²) < 4.78 is 8.03. The predicted octanol–water partition coefficient (Wildman–Crippen LogP) is 4.72. The molecule has 0 amide bonds. The molecule has 0 fully saturated rings.